The molecular weight excluding hydrogens is 420 g/mol. The highest BCUT2D eigenvalue weighted by Gasteiger charge is 2.33. The number of ether oxygens (including phenoxy) is 3. The lowest BCUT2D eigenvalue weighted by Gasteiger charge is -2.23. The maximum Gasteiger partial charge on any atom is 0.340 e. The molecule has 7 heteroatoms. The summed E-state index contributed by atoms with van der Waals surface area (Å²) >= 11 is 0. The Bertz CT molecular complexity index is 1160. The van der Waals surface area contributed by atoms with Crippen molar-refractivity contribution in [3.05, 3.63) is 70.9 Å². The fraction of sp³-hybridized carbons (Fsp3) is 0.346. The van der Waals surface area contributed by atoms with Crippen LogP contribution < -0.4 is 4.74 Å². The number of benzene rings is 2. The molecule has 0 bridgehead atoms. The van der Waals surface area contributed by atoms with Gasteiger partial charge in [-0.2, -0.15) is 0 Å². The van der Waals surface area contributed by atoms with Crippen LogP contribution in [0.2, 0.25) is 0 Å². The molecule has 0 saturated heterocycles. The molecule has 1 aliphatic rings. The molecule has 1 heterocycles. The van der Waals surface area contributed by atoms with E-state index in [1.54, 1.807) is 19.1 Å². The highest BCUT2D eigenvalue weighted by molar-refractivity contribution is 5.99. The number of nitrogens with zero attached hydrogens (tertiary/aromatic N) is 2. The Morgan fingerprint density at radius 2 is 1.79 bits per heavy atom. The van der Waals surface area contributed by atoms with Crippen LogP contribution in [0.5, 0.6) is 5.75 Å². The minimum atomic E-state index is -0.564. The van der Waals surface area contributed by atoms with E-state index in [2.05, 4.69) is 4.98 Å². The van der Waals surface area contributed by atoms with Gasteiger partial charge in [0.25, 0.3) is 5.91 Å². The van der Waals surface area contributed by atoms with E-state index in [0.29, 0.717) is 17.8 Å². The molecular formula is C26H28N2O5. The molecule has 1 aliphatic carbocycles. The zero-order valence-electron chi connectivity index (χ0n) is 19.2. The van der Waals surface area contributed by atoms with E-state index < -0.39 is 5.97 Å². The molecule has 3 aromatic rings. The van der Waals surface area contributed by atoms with Crippen LogP contribution in [0.1, 0.15) is 40.0 Å². The first-order valence-electron chi connectivity index (χ1n) is 11.0. The number of amides is 1. The Labute approximate surface area is 193 Å². The topological polar surface area (TPSA) is 78.0 Å². The fourth-order valence-electron chi connectivity index (χ4n) is 3.97. The molecule has 172 valence electrons. The zero-order valence-corrected chi connectivity index (χ0v) is 19.2. The number of carbonyl (C=O) groups excluding carboxylic acids is 2. The summed E-state index contributed by atoms with van der Waals surface area (Å²) in [7, 11) is 3.17. The van der Waals surface area contributed by atoms with Crippen molar-refractivity contribution in [2.75, 3.05) is 20.8 Å². The molecule has 7 nitrogen and oxygen atoms in total. The number of aryl methyl sites for hydroxylation is 1. The quantitative estimate of drug-likeness (QED) is 0.460. The van der Waals surface area contributed by atoms with Gasteiger partial charge in [-0.3, -0.25) is 4.79 Å². The third kappa shape index (κ3) is 5.14. The predicted molar refractivity (Wildman–Crippen MR) is 124 cm³/mol. The molecule has 0 aliphatic heterocycles. The Kier molecular flexibility index (Phi) is 6.89. The van der Waals surface area contributed by atoms with E-state index in [9.17, 15) is 9.59 Å². The molecule has 1 saturated carbocycles. The molecule has 4 rings (SSSR count). The third-order valence-corrected chi connectivity index (χ3v) is 5.86. The summed E-state index contributed by atoms with van der Waals surface area (Å²) in [5.74, 6) is -0.00378. The number of hydrogen-bond donors (Lipinski definition) is 0. The molecule has 1 aromatic heterocycles. The number of para-hydroxylation sites is 1. The maximum atomic E-state index is 13.0. The summed E-state index contributed by atoms with van der Waals surface area (Å²) in [5.41, 5.74) is 3.41. The van der Waals surface area contributed by atoms with Crippen LogP contribution in [-0.4, -0.2) is 48.6 Å². The Morgan fingerprint density at radius 3 is 2.45 bits per heavy atom. The highest BCUT2D eigenvalue weighted by Crippen LogP contribution is 2.29. The van der Waals surface area contributed by atoms with Gasteiger partial charge in [0.1, 0.15) is 5.75 Å². The van der Waals surface area contributed by atoms with Gasteiger partial charge in [-0.25, -0.2) is 9.78 Å². The number of hydrogen-bond acceptors (Lipinski definition) is 6. The van der Waals surface area contributed by atoms with E-state index in [-0.39, 0.29) is 25.2 Å². The van der Waals surface area contributed by atoms with Gasteiger partial charge in [-0.05, 0) is 49.1 Å². The van der Waals surface area contributed by atoms with E-state index >= 15 is 0 Å². The van der Waals surface area contributed by atoms with Crippen LogP contribution >= 0.6 is 0 Å². The van der Waals surface area contributed by atoms with Gasteiger partial charge in [0, 0.05) is 25.1 Å². The van der Waals surface area contributed by atoms with Gasteiger partial charge in [-0.15, -0.1) is 0 Å². The van der Waals surface area contributed by atoms with Crippen molar-refractivity contribution in [1.82, 2.24) is 9.88 Å². The second kappa shape index (κ2) is 10.0. The predicted octanol–water partition coefficient (Wildman–Crippen LogP) is 4.05. The van der Waals surface area contributed by atoms with Crippen molar-refractivity contribution in [2.24, 2.45) is 0 Å². The minimum Gasteiger partial charge on any atom is -0.497 e. The molecule has 0 N–H and O–H groups in total. The van der Waals surface area contributed by atoms with Crippen LogP contribution in [-0.2, 0) is 27.4 Å². The van der Waals surface area contributed by atoms with Crippen molar-refractivity contribution in [1.29, 1.82) is 0 Å². The van der Waals surface area contributed by atoms with E-state index in [0.717, 1.165) is 40.6 Å². The van der Waals surface area contributed by atoms with Crippen molar-refractivity contribution in [3.8, 4) is 5.75 Å². The van der Waals surface area contributed by atoms with E-state index in [1.807, 2.05) is 55.5 Å². The number of methoxy groups -OCH3 is 2. The molecule has 0 spiro atoms. The molecule has 1 amide bonds. The first-order chi connectivity index (χ1) is 16.0. The molecule has 0 atom stereocenters. The minimum absolute atomic E-state index is 0.176. The number of esters is 1. The van der Waals surface area contributed by atoms with Gasteiger partial charge in [0.15, 0.2) is 6.61 Å². The third-order valence-electron chi connectivity index (χ3n) is 5.86. The van der Waals surface area contributed by atoms with E-state index in [4.69, 9.17) is 14.2 Å². The average molecular weight is 449 g/mol. The summed E-state index contributed by atoms with van der Waals surface area (Å²) in [6.45, 7) is 2.19. The largest absolute Gasteiger partial charge is 0.497 e. The normalized spacial score (nSPS) is 13.1. The molecule has 0 unspecified atom stereocenters. The van der Waals surface area contributed by atoms with Crippen LogP contribution in [0.3, 0.4) is 0 Å². The van der Waals surface area contributed by atoms with Crippen molar-refractivity contribution >= 4 is 22.8 Å². The second-order valence-corrected chi connectivity index (χ2v) is 8.19. The summed E-state index contributed by atoms with van der Waals surface area (Å²) < 4.78 is 15.9. The van der Waals surface area contributed by atoms with Gasteiger partial charge in [0.2, 0.25) is 0 Å². The fourth-order valence-corrected chi connectivity index (χ4v) is 3.97. The lowest BCUT2D eigenvalue weighted by molar-refractivity contribution is -0.135. The van der Waals surface area contributed by atoms with Crippen molar-refractivity contribution < 1.29 is 23.8 Å². The summed E-state index contributed by atoms with van der Waals surface area (Å²) in [5, 5.41) is 0.870. The van der Waals surface area contributed by atoms with Gasteiger partial charge in [0.05, 0.1) is 30.5 Å². The monoisotopic (exact) mass is 448 g/mol. The number of fused-ring (bicyclic) bond motifs is 1. The highest BCUT2D eigenvalue weighted by atomic mass is 16.5. The number of carbonyl (C=O) groups is 2. The van der Waals surface area contributed by atoms with Crippen LogP contribution in [0.4, 0.5) is 0 Å². The first kappa shape index (κ1) is 22.7. The zero-order chi connectivity index (χ0) is 23.4. The smallest absolute Gasteiger partial charge is 0.340 e. The SMILES string of the molecule is COCc1nc2ccccc2c(C)c1C(=O)OCC(=O)N(Cc1ccc(OC)cc1)C1CC1. The average Bonchev–Trinajstić information content (AvgIpc) is 3.67. The lowest BCUT2D eigenvalue weighted by Crippen LogP contribution is -2.36. The van der Waals surface area contributed by atoms with Gasteiger partial charge in [-0.1, -0.05) is 30.3 Å². The standard InChI is InChI=1S/C26H28N2O5/c1-17-21-6-4-5-7-22(21)27-23(15-31-2)25(17)26(30)33-16-24(29)28(19-10-11-19)14-18-8-12-20(32-3)13-9-18/h4-9,12-13,19H,10-11,14-16H2,1-3H3. The maximum absolute atomic E-state index is 13.0. The number of aromatic nitrogens is 1. The summed E-state index contributed by atoms with van der Waals surface area (Å²) in [6.07, 6.45) is 1.92. The van der Waals surface area contributed by atoms with Crippen LogP contribution in [0.15, 0.2) is 48.5 Å². The lowest BCUT2D eigenvalue weighted by atomic mass is 10.0. The van der Waals surface area contributed by atoms with Gasteiger partial charge < -0.3 is 19.1 Å². The van der Waals surface area contributed by atoms with E-state index in [1.165, 1.54) is 0 Å². The summed E-state index contributed by atoms with van der Waals surface area (Å²) in [6, 6.07) is 15.4. The molecule has 33 heavy (non-hydrogen) atoms. The molecule has 0 radical (unpaired) electrons. The summed E-state index contributed by atoms with van der Waals surface area (Å²) in [4.78, 5) is 32.4. The van der Waals surface area contributed by atoms with Crippen LogP contribution in [0, 0.1) is 6.92 Å². The van der Waals surface area contributed by atoms with Crippen molar-refractivity contribution in [2.45, 2.75) is 39.0 Å². The number of rotatable bonds is 9. The molecule has 2 aromatic carbocycles. The van der Waals surface area contributed by atoms with Gasteiger partial charge >= 0.3 is 5.97 Å². The Balaban J connectivity index is 1.49. The molecule has 1 fully saturated rings. The second-order valence-electron chi connectivity index (χ2n) is 8.19. The Hall–Kier alpha value is -3.45. The van der Waals surface area contributed by atoms with Crippen molar-refractivity contribution in [3.63, 3.8) is 0 Å². The van der Waals surface area contributed by atoms with Crippen LogP contribution in [0.25, 0.3) is 10.9 Å². The Morgan fingerprint density at radius 1 is 1.06 bits per heavy atom. The number of pyridine rings is 1. The first-order valence-corrected chi connectivity index (χ1v) is 11.0.